The summed E-state index contributed by atoms with van der Waals surface area (Å²) in [5, 5.41) is 2.97. The molecular weight excluding hydrogens is 326 g/mol. The molecule has 2 rings (SSSR count). The molecule has 24 heavy (non-hydrogen) atoms. The fraction of sp³-hybridized carbons (Fsp3) is 0.588. The molecule has 1 aliphatic heterocycles. The van der Waals surface area contributed by atoms with Gasteiger partial charge in [-0.3, -0.25) is 4.79 Å². The maximum absolute atomic E-state index is 12.9. The summed E-state index contributed by atoms with van der Waals surface area (Å²) in [6.07, 6.45) is 1.71. The Morgan fingerprint density at radius 3 is 2.42 bits per heavy atom. The molecule has 1 fully saturated rings. The fourth-order valence-electron chi connectivity index (χ4n) is 3.21. The Balaban J connectivity index is 2.22. The topological polar surface area (TPSA) is 92.5 Å². The van der Waals surface area contributed by atoms with E-state index in [2.05, 4.69) is 5.32 Å². The number of rotatable bonds is 7. The van der Waals surface area contributed by atoms with Crippen molar-refractivity contribution < 1.29 is 13.2 Å². The number of hydrogen-bond donors (Lipinski definition) is 2. The van der Waals surface area contributed by atoms with E-state index in [-0.39, 0.29) is 11.7 Å². The van der Waals surface area contributed by atoms with Crippen LogP contribution in [0.4, 0.5) is 0 Å². The summed E-state index contributed by atoms with van der Waals surface area (Å²) < 4.78 is 25.7. The highest BCUT2D eigenvalue weighted by Gasteiger charge is 2.44. The van der Waals surface area contributed by atoms with Crippen molar-refractivity contribution in [2.45, 2.75) is 31.6 Å². The Morgan fingerprint density at radius 1 is 1.25 bits per heavy atom. The lowest BCUT2D eigenvalue weighted by atomic mass is 9.72. The molecule has 0 bridgehead atoms. The molecule has 0 aromatic heterocycles. The van der Waals surface area contributed by atoms with E-state index < -0.39 is 15.4 Å². The largest absolute Gasteiger partial charge is 0.355 e. The molecule has 0 spiro atoms. The molecule has 6 nitrogen and oxygen atoms in total. The van der Waals surface area contributed by atoms with Crippen LogP contribution in [0.1, 0.15) is 31.7 Å². The predicted molar refractivity (Wildman–Crippen MR) is 95.1 cm³/mol. The summed E-state index contributed by atoms with van der Waals surface area (Å²) in [4.78, 5) is 12.9. The molecular formula is C17H27N3O3S. The fourth-order valence-corrected chi connectivity index (χ4v) is 4.31. The van der Waals surface area contributed by atoms with E-state index in [4.69, 9.17) is 5.73 Å². The first kappa shape index (κ1) is 18.9. The summed E-state index contributed by atoms with van der Waals surface area (Å²) in [5.74, 6) is 0.0595. The van der Waals surface area contributed by atoms with Crippen molar-refractivity contribution in [2.24, 2.45) is 5.73 Å². The second kappa shape index (κ2) is 8.09. The van der Waals surface area contributed by atoms with Crippen molar-refractivity contribution in [1.82, 2.24) is 9.62 Å². The molecule has 0 aliphatic carbocycles. The van der Waals surface area contributed by atoms with E-state index in [0.717, 1.165) is 12.0 Å². The maximum Gasteiger partial charge on any atom is 0.230 e. The van der Waals surface area contributed by atoms with Gasteiger partial charge in [0.15, 0.2) is 0 Å². The molecule has 0 unspecified atom stereocenters. The van der Waals surface area contributed by atoms with E-state index in [1.807, 2.05) is 30.3 Å². The molecule has 0 saturated carbocycles. The lowest BCUT2D eigenvalue weighted by molar-refractivity contribution is -0.128. The molecule has 3 N–H and O–H groups in total. The van der Waals surface area contributed by atoms with Crippen LogP contribution in [0.5, 0.6) is 0 Å². The summed E-state index contributed by atoms with van der Waals surface area (Å²) >= 11 is 0. The van der Waals surface area contributed by atoms with E-state index in [0.29, 0.717) is 39.0 Å². The standard InChI is InChI=1S/C17H27N3O3S/c1-2-24(22,23)20-13-9-17(10-14-20,15-7-4-3-5-8-15)16(21)19-12-6-11-18/h3-5,7-8H,2,6,9-14,18H2,1H3,(H,19,21). The summed E-state index contributed by atoms with van der Waals surface area (Å²) in [7, 11) is -3.22. The minimum Gasteiger partial charge on any atom is -0.355 e. The first-order valence-electron chi connectivity index (χ1n) is 8.48. The maximum atomic E-state index is 12.9. The Morgan fingerprint density at radius 2 is 1.88 bits per heavy atom. The summed E-state index contributed by atoms with van der Waals surface area (Å²) in [5.41, 5.74) is 5.77. The van der Waals surface area contributed by atoms with Gasteiger partial charge in [0, 0.05) is 19.6 Å². The zero-order valence-corrected chi connectivity index (χ0v) is 15.0. The van der Waals surface area contributed by atoms with Crippen molar-refractivity contribution in [3.05, 3.63) is 35.9 Å². The SMILES string of the molecule is CCS(=O)(=O)N1CCC(C(=O)NCCCN)(c2ccccc2)CC1. The van der Waals surface area contributed by atoms with Crippen LogP contribution in [0.25, 0.3) is 0 Å². The molecule has 134 valence electrons. The van der Waals surface area contributed by atoms with Crippen LogP contribution in [0.2, 0.25) is 0 Å². The molecule has 7 heteroatoms. The minimum atomic E-state index is -3.22. The third-order valence-electron chi connectivity index (χ3n) is 4.76. The van der Waals surface area contributed by atoms with Crippen molar-refractivity contribution in [2.75, 3.05) is 31.9 Å². The molecule has 1 aliphatic rings. The van der Waals surface area contributed by atoms with Gasteiger partial charge in [0.25, 0.3) is 0 Å². The van der Waals surface area contributed by atoms with Gasteiger partial charge < -0.3 is 11.1 Å². The first-order valence-corrected chi connectivity index (χ1v) is 10.1. The van der Waals surface area contributed by atoms with Crippen LogP contribution in [0.3, 0.4) is 0 Å². The molecule has 1 aromatic carbocycles. The third-order valence-corrected chi connectivity index (χ3v) is 6.64. The van der Waals surface area contributed by atoms with Crippen molar-refractivity contribution in [3.8, 4) is 0 Å². The van der Waals surface area contributed by atoms with E-state index in [1.165, 1.54) is 4.31 Å². The van der Waals surface area contributed by atoms with E-state index in [1.54, 1.807) is 6.92 Å². The van der Waals surface area contributed by atoms with Gasteiger partial charge >= 0.3 is 0 Å². The highest BCUT2D eigenvalue weighted by molar-refractivity contribution is 7.89. The lowest BCUT2D eigenvalue weighted by Crippen LogP contribution is -2.53. The van der Waals surface area contributed by atoms with Gasteiger partial charge in [0.05, 0.1) is 11.2 Å². The number of sulfonamides is 1. The third kappa shape index (κ3) is 3.96. The summed E-state index contributed by atoms with van der Waals surface area (Å²) in [6, 6.07) is 9.65. The number of benzene rings is 1. The van der Waals surface area contributed by atoms with Crippen molar-refractivity contribution in [3.63, 3.8) is 0 Å². The Bertz CT molecular complexity index is 638. The van der Waals surface area contributed by atoms with Crippen molar-refractivity contribution in [1.29, 1.82) is 0 Å². The Kier molecular flexibility index (Phi) is 6.37. The number of nitrogens with one attached hydrogen (secondary N) is 1. The first-order chi connectivity index (χ1) is 11.5. The van der Waals surface area contributed by atoms with Gasteiger partial charge in [-0.15, -0.1) is 0 Å². The van der Waals surface area contributed by atoms with Crippen molar-refractivity contribution >= 4 is 15.9 Å². The zero-order valence-electron chi connectivity index (χ0n) is 14.2. The number of carbonyl (C=O) groups is 1. The lowest BCUT2D eigenvalue weighted by Gasteiger charge is -2.40. The normalized spacial score (nSPS) is 18.2. The molecule has 0 radical (unpaired) electrons. The monoisotopic (exact) mass is 353 g/mol. The Hall–Kier alpha value is -1.44. The average molecular weight is 353 g/mol. The zero-order chi connectivity index (χ0) is 17.6. The number of amides is 1. The number of carbonyl (C=O) groups excluding carboxylic acids is 1. The summed E-state index contributed by atoms with van der Waals surface area (Å²) in [6.45, 7) is 3.46. The Labute approximate surface area is 144 Å². The molecule has 1 saturated heterocycles. The van der Waals surface area contributed by atoms with Crippen LogP contribution < -0.4 is 11.1 Å². The van der Waals surface area contributed by atoms with E-state index in [9.17, 15) is 13.2 Å². The highest BCUT2D eigenvalue weighted by atomic mass is 32.2. The van der Waals surface area contributed by atoms with Crippen LogP contribution >= 0.6 is 0 Å². The van der Waals surface area contributed by atoms with E-state index >= 15 is 0 Å². The smallest absolute Gasteiger partial charge is 0.230 e. The van der Waals surface area contributed by atoms with Gasteiger partial charge in [-0.1, -0.05) is 30.3 Å². The van der Waals surface area contributed by atoms with Gasteiger partial charge in [-0.25, -0.2) is 12.7 Å². The van der Waals surface area contributed by atoms with Crippen LogP contribution in [-0.4, -0.2) is 50.6 Å². The number of piperidine rings is 1. The van der Waals surface area contributed by atoms with Crippen LogP contribution in [-0.2, 0) is 20.2 Å². The molecule has 1 amide bonds. The number of nitrogens with zero attached hydrogens (tertiary/aromatic N) is 1. The molecule has 0 atom stereocenters. The van der Waals surface area contributed by atoms with Crippen LogP contribution in [0.15, 0.2) is 30.3 Å². The van der Waals surface area contributed by atoms with Crippen LogP contribution in [0, 0.1) is 0 Å². The molecule has 1 heterocycles. The predicted octanol–water partition coefficient (Wildman–Crippen LogP) is 0.835. The second-order valence-electron chi connectivity index (χ2n) is 6.15. The van der Waals surface area contributed by atoms with Gasteiger partial charge in [-0.2, -0.15) is 0 Å². The quantitative estimate of drug-likeness (QED) is 0.710. The van der Waals surface area contributed by atoms with Gasteiger partial charge in [0.1, 0.15) is 0 Å². The number of hydrogen-bond acceptors (Lipinski definition) is 4. The minimum absolute atomic E-state index is 0.0318. The average Bonchev–Trinajstić information content (AvgIpc) is 2.62. The highest BCUT2D eigenvalue weighted by Crippen LogP contribution is 2.36. The van der Waals surface area contributed by atoms with Gasteiger partial charge in [0.2, 0.25) is 15.9 Å². The molecule has 1 aromatic rings. The van der Waals surface area contributed by atoms with Gasteiger partial charge in [-0.05, 0) is 38.3 Å². The number of nitrogens with two attached hydrogens (primary N) is 1. The second-order valence-corrected chi connectivity index (χ2v) is 8.40.